The van der Waals surface area contributed by atoms with Gasteiger partial charge in [-0.2, -0.15) is 0 Å². The zero-order chi connectivity index (χ0) is 22.3. The van der Waals surface area contributed by atoms with Gasteiger partial charge in [0.2, 0.25) is 0 Å². The van der Waals surface area contributed by atoms with E-state index in [1.54, 1.807) is 0 Å². The third-order valence-electron chi connectivity index (χ3n) is 8.82. The summed E-state index contributed by atoms with van der Waals surface area (Å²) in [6.45, 7) is 6.30. The molecule has 0 N–H and O–H groups in total. The highest BCUT2D eigenvalue weighted by Gasteiger charge is 2.78. The molecule has 0 unspecified atom stereocenters. The van der Waals surface area contributed by atoms with Crippen LogP contribution in [0.4, 0.5) is 0 Å². The molecule has 158 valence electrons. The van der Waals surface area contributed by atoms with Crippen molar-refractivity contribution in [2.24, 2.45) is 11.3 Å². The van der Waals surface area contributed by atoms with Crippen LogP contribution < -0.4 is 0 Å². The molecule has 2 heteroatoms. The lowest BCUT2D eigenvalue weighted by atomic mass is 9.40. The second kappa shape index (κ2) is 6.16. The number of benzene rings is 3. The fraction of sp³-hybridized carbons (Fsp3) is 0.267. The Hall–Kier alpha value is -3.26. The third-order valence-corrected chi connectivity index (χ3v) is 8.82. The van der Waals surface area contributed by atoms with Crippen LogP contribution in [-0.2, 0) is 20.4 Å². The molecule has 0 amide bonds. The molecule has 4 bridgehead atoms. The van der Waals surface area contributed by atoms with Crippen molar-refractivity contribution in [1.82, 2.24) is 0 Å². The lowest BCUT2D eigenvalue weighted by Gasteiger charge is -2.60. The zero-order valence-electron chi connectivity index (χ0n) is 18.6. The maximum atomic E-state index is 14.5. The second-order valence-electron chi connectivity index (χ2n) is 10.0. The molecule has 6 rings (SSSR count). The van der Waals surface area contributed by atoms with E-state index in [-0.39, 0.29) is 17.5 Å². The molecular weight excluding hydrogens is 392 g/mol. The van der Waals surface area contributed by atoms with Crippen LogP contribution in [0.2, 0.25) is 0 Å². The van der Waals surface area contributed by atoms with Crippen molar-refractivity contribution in [2.45, 2.75) is 37.5 Å². The van der Waals surface area contributed by atoms with Crippen molar-refractivity contribution in [1.29, 1.82) is 0 Å². The molecule has 0 radical (unpaired) electrons. The lowest BCUT2D eigenvalue weighted by Crippen LogP contribution is -2.61. The number of hydrogen-bond donors (Lipinski definition) is 0. The first-order chi connectivity index (χ1) is 15.4. The van der Waals surface area contributed by atoms with Crippen LogP contribution in [0, 0.1) is 11.3 Å². The molecule has 1 fully saturated rings. The molecule has 5 atom stereocenters. The highest BCUT2D eigenvalue weighted by atomic mass is 16.1. The van der Waals surface area contributed by atoms with Crippen molar-refractivity contribution in [2.75, 3.05) is 0 Å². The van der Waals surface area contributed by atoms with Gasteiger partial charge in [-0.3, -0.25) is 9.59 Å². The van der Waals surface area contributed by atoms with Gasteiger partial charge in [-0.1, -0.05) is 97.4 Å². The van der Waals surface area contributed by atoms with Crippen molar-refractivity contribution in [3.05, 3.63) is 119 Å². The van der Waals surface area contributed by atoms with Crippen LogP contribution in [0.25, 0.3) is 0 Å². The molecule has 0 aliphatic heterocycles. The molecule has 0 heterocycles. The molecule has 3 aromatic rings. The number of carbonyl (C=O) groups excluding carboxylic acids is 2. The first-order valence-corrected chi connectivity index (χ1v) is 11.4. The maximum Gasteiger partial charge on any atom is 0.160 e. The zero-order valence-corrected chi connectivity index (χ0v) is 18.6. The standard InChI is InChI=1S/C30H26O2/c1-19-18-24(31)26-28(2)22-16-10-11-17-23(22)30(19,21-14-8-5-9-15-21)29(26,3)25(27(28)32)20-12-6-4-7-13-20/h4-18,25-26H,1-3H3/t25-,26-,28-,29+,30-/m0/s1. The fourth-order valence-electron chi connectivity index (χ4n) is 7.90. The largest absolute Gasteiger partial charge is 0.298 e. The van der Waals surface area contributed by atoms with Crippen molar-refractivity contribution in [3.63, 3.8) is 0 Å². The maximum absolute atomic E-state index is 14.5. The topological polar surface area (TPSA) is 34.1 Å². The van der Waals surface area contributed by atoms with Crippen LogP contribution in [0.15, 0.2) is 96.6 Å². The van der Waals surface area contributed by atoms with E-state index in [1.165, 1.54) is 5.56 Å². The van der Waals surface area contributed by atoms with E-state index in [9.17, 15) is 9.59 Å². The van der Waals surface area contributed by atoms with Gasteiger partial charge in [0, 0.05) is 16.7 Å². The highest BCUT2D eigenvalue weighted by molar-refractivity contribution is 6.11. The molecule has 1 saturated carbocycles. The summed E-state index contributed by atoms with van der Waals surface area (Å²) in [5, 5.41) is 0. The number of rotatable bonds is 2. The summed E-state index contributed by atoms with van der Waals surface area (Å²) in [4.78, 5) is 28.2. The van der Waals surface area contributed by atoms with E-state index in [4.69, 9.17) is 0 Å². The van der Waals surface area contributed by atoms with Gasteiger partial charge in [0.15, 0.2) is 11.6 Å². The SMILES string of the molecule is CC1=CC(=O)[C@@H]2[C@@]3(C)[C@@H](c4ccccc4)C(=O)[C@@]2(C)c2ccccc2[C@@]13c1ccccc1. The average molecular weight is 419 g/mol. The number of hydrogen-bond acceptors (Lipinski definition) is 2. The van der Waals surface area contributed by atoms with Gasteiger partial charge in [-0.05, 0) is 42.2 Å². The van der Waals surface area contributed by atoms with Gasteiger partial charge >= 0.3 is 0 Å². The Bertz CT molecular complexity index is 1300. The van der Waals surface area contributed by atoms with E-state index in [0.717, 1.165) is 22.3 Å². The molecule has 32 heavy (non-hydrogen) atoms. The monoisotopic (exact) mass is 418 g/mol. The Kier molecular flexibility index (Phi) is 3.74. The van der Waals surface area contributed by atoms with Crippen LogP contribution in [0.5, 0.6) is 0 Å². The van der Waals surface area contributed by atoms with Crippen molar-refractivity contribution in [3.8, 4) is 0 Å². The first kappa shape index (κ1) is 19.4. The minimum atomic E-state index is -0.849. The third kappa shape index (κ3) is 1.89. The van der Waals surface area contributed by atoms with Gasteiger partial charge in [0.1, 0.15) is 0 Å². The van der Waals surface area contributed by atoms with Crippen LogP contribution in [-0.4, -0.2) is 11.6 Å². The molecule has 3 aliphatic carbocycles. The number of Topliss-reactive ketones (excluding diaryl/α,β-unsaturated/α-hetero) is 1. The van der Waals surface area contributed by atoms with Crippen molar-refractivity contribution < 1.29 is 9.59 Å². The fourth-order valence-corrected chi connectivity index (χ4v) is 7.90. The van der Waals surface area contributed by atoms with E-state index in [0.29, 0.717) is 0 Å². The van der Waals surface area contributed by atoms with Crippen LogP contribution >= 0.6 is 0 Å². The summed E-state index contributed by atoms with van der Waals surface area (Å²) in [6.07, 6.45) is 1.83. The Morgan fingerprint density at radius 2 is 1.28 bits per heavy atom. The molecule has 0 aromatic heterocycles. The first-order valence-electron chi connectivity index (χ1n) is 11.4. The van der Waals surface area contributed by atoms with Gasteiger partial charge in [0.05, 0.1) is 11.3 Å². The Labute approximate surface area is 189 Å². The minimum absolute atomic E-state index is 0.0836. The minimum Gasteiger partial charge on any atom is -0.298 e. The molecule has 0 saturated heterocycles. The normalized spacial score (nSPS) is 34.8. The Balaban J connectivity index is 1.84. The highest BCUT2D eigenvalue weighted by Crippen LogP contribution is 2.75. The molecule has 2 nitrogen and oxygen atoms in total. The summed E-state index contributed by atoms with van der Waals surface area (Å²) in [5.74, 6) is -0.538. The van der Waals surface area contributed by atoms with Crippen LogP contribution in [0.1, 0.15) is 48.9 Å². The quantitative estimate of drug-likeness (QED) is 0.530. The summed E-state index contributed by atoms with van der Waals surface area (Å²) in [6, 6.07) is 28.9. The number of carbonyl (C=O) groups is 2. The number of allylic oxidation sites excluding steroid dienone is 2. The summed E-state index contributed by atoms with van der Waals surface area (Å²) >= 11 is 0. The van der Waals surface area contributed by atoms with Gasteiger partial charge < -0.3 is 0 Å². The van der Waals surface area contributed by atoms with Gasteiger partial charge in [-0.25, -0.2) is 0 Å². The van der Waals surface area contributed by atoms with E-state index >= 15 is 0 Å². The Morgan fingerprint density at radius 1 is 0.719 bits per heavy atom. The molecule has 3 aliphatic rings. The number of ketones is 2. The Morgan fingerprint density at radius 3 is 1.94 bits per heavy atom. The van der Waals surface area contributed by atoms with E-state index < -0.39 is 22.2 Å². The second-order valence-corrected chi connectivity index (χ2v) is 10.0. The van der Waals surface area contributed by atoms with E-state index in [1.807, 2.05) is 43.3 Å². The smallest absolute Gasteiger partial charge is 0.160 e. The predicted molar refractivity (Wildman–Crippen MR) is 126 cm³/mol. The molecule has 3 aromatic carbocycles. The predicted octanol–water partition coefficient (Wildman–Crippen LogP) is 5.76. The summed E-state index contributed by atoms with van der Waals surface area (Å²) in [7, 11) is 0. The molecular formula is C30H26O2. The van der Waals surface area contributed by atoms with Gasteiger partial charge in [0.25, 0.3) is 0 Å². The van der Waals surface area contributed by atoms with Gasteiger partial charge in [-0.15, -0.1) is 0 Å². The lowest BCUT2D eigenvalue weighted by molar-refractivity contribution is -0.129. The van der Waals surface area contributed by atoms with E-state index in [2.05, 4.69) is 68.4 Å². The number of fused-ring (bicyclic) bond motifs is 3. The molecule has 0 spiro atoms. The van der Waals surface area contributed by atoms with Crippen molar-refractivity contribution >= 4 is 11.6 Å². The summed E-state index contributed by atoms with van der Waals surface area (Å²) in [5.41, 5.74) is 3.33. The summed E-state index contributed by atoms with van der Waals surface area (Å²) < 4.78 is 0. The van der Waals surface area contributed by atoms with Crippen LogP contribution in [0.3, 0.4) is 0 Å². The average Bonchev–Trinajstić information content (AvgIpc) is 2.96.